The van der Waals surface area contributed by atoms with E-state index < -0.39 is 0 Å². The summed E-state index contributed by atoms with van der Waals surface area (Å²) in [5.74, 6) is -0.105. The highest BCUT2D eigenvalue weighted by Crippen LogP contribution is 2.19. The standard InChI is InChI=1S/C20H20ClN3O2/c1-2-17(14-7-9-15(21)10-8-14)23-19(25)11-12-24-13-22-18-6-4-3-5-16(18)20(24)26/h3-10,13,17H,2,11-12H2,1H3,(H,23,25)/t17-/m0/s1. The van der Waals surface area contributed by atoms with E-state index in [0.29, 0.717) is 22.5 Å². The molecular weight excluding hydrogens is 350 g/mol. The number of fused-ring (bicyclic) bond motifs is 1. The number of halogens is 1. The largest absolute Gasteiger partial charge is 0.349 e. The van der Waals surface area contributed by atoms with Gasteiger partial charge >= 0.3 is 0 Å². The van der Waals surface area contributed by atoms with Gasteiger partial charge in [-0.25, -0.2) is 4.98 Å². The number of aryl methyl sites for hydroxylation is 1. The van der Waals surface area contributed by atoms with Crippen LogP contribution in [0.3, 0.4) is 0 Å². The van der Waals surface area contributed by atoms with Crippen LogP contribution in [-0.2, 0) is 11.3 Å². The highest BCUT2D eigenvalue weighted by Gasteiger charge is 2.13. The Morgan fingerprint density at radius 3 is 2.65 bits per heavy atom. The maximum Gasteiger partial charge on any atom is 0.261 e. The lowest BCUT2D eigenvalue weighted by molar-refractivity contribution is -0.122. The second-order valence-corrected chi connectivity index (χ2v) is 6.53. The predicted octanol–water partition coefficient (Wildman–Crippen LogP) is 3.71. The van der Waals surface area contributed by atoms with Crippen molar-refractivity contribution < 1.29 is 4.79 Å². The van der Waals surface area contributed by atoms with E-state index >= 15 is 0 Å². The van der Waals surface area contributed by atoms with E-state index in [2.05, 4.69) is 10.3 Å². The summed E-state index contributed by atoms with van der Waals surface area (Å²) in [4.78, 5) is 29.1. The van der Waals surface area contributed by atoms with Gasteiger partial charge in [0.25, 0.3) is 5.56 Å². The minimum atomic E-state index is -0.131. The summed E-state index contributed by atoms with van der Waals surface area (Å²) in [7, 11) is 0. The average Bonchev–Trinajstić information content (AvgIpc) is 2.66. The van der Waals surface area contributed by atoms with Gasteiger partial charge in [-0.15, -0.1) is 0 Å². The Hall–Kier alpha value is -2.66. The van der Waals surface area contributed by atoms with Crippen LogP contribution in [0.5, 0.6) is 0 Å². The molecule has 6 heteroatoms. The lowest BCUT2D eigenvalue weighted by Crippen LogP contribution is -2.30. The van der Waals surface area contributed by atoms with Gasteiger partial charge in [0.15, 0.2) is 0 Å². The number of rotatable bonds is 6. The van der Waals surface area contributed by atoms with Crippen LogP contribution in [-0.4, -0.2) is 15.5 Å². The molecule has 0 spiro atoms. The normalized spacial score (nSPS) is 12.1. The maximum absolute atomic E-state index is 12.5. The number of amides is 1. The SMILES string of the molecule is CC[C@H](NC(=O)CCn1cnc2ccccc2c1=O)c1ccc(Cl)cc1. The van der Waals surface area contributed by atoms with Gasteiger partial charge in [-0.3, -0.25) is 14.2 Å². The van der Waals surface area contributed by atoms with Crippen molar-refractivity contribution in [1.82, 2.24) is 14.9 Å². The van der Waals surface area contributed by atoms with Crippen molar-refractivity contribution in [1.29, 1.82) is 0 Å². The molecule has 0 fully saturated rings. The fourth-order valence-corrected chi connectivity index (χ4v) is 3.00. The number of aromatic nitrogens is 2. The van der Waals surface area contributed by atoms with Crippen LogP contribution in [0.2, 0.25) is 5.02 Å². The Labute approximate surface area is 156 Å². The minimum absolute atomic E-state index is 0.0776. The van der Waals surface area contributed by atoms with Crippen molar-refractivity contribution in [2.45, 2.75) is 32.4 Å². The second kappa shape index (κ2) is 8.15. The molecule has 134 valence electrons. The third-order valence-electron chi connectivity index (χ3n) is 4.33. The van der Waals surface area contributed by atoms with Crippen molar-refractivity contribution in [3.63, 3.8) is 0 Å². The number of carbonyl (C=O) groups is 1. The van der Waals surface area contributed by atoms with Gasteiger partial charge in [-0.05, 0) is 36.2 Å². The van der Waals surface area contributed by atoms with E-state index in [1.807, 2.05) is 37.3 Å². The summed E-state index contributed by atoms with van der Waals surface area (Å²) in [5, 5.41) is 4.23. The fourth-order valence-electron chi connectivity index (χ4n) is 2.87. The van der Waals surface area contributed by atoms with E-state index in [4.69, 9.17) is 11.6 Å². The first-order chi connectivity index (χ1) is 12.6. The Morgan fingerprint density at radius 1 is 1.19 bits per heavy atom. The van der Waals surface area contributed by atoms with Crippen LogP contribution >= 0.6 is 11.6 Å². The Balaban J connectivity index is 1.66. The number of hydrogen-bond acceptors (Lipinski definition) is 3. The molecule has 1 atom stereocenters. The number of benzene rings is 2. The Morgan fingerprint density at radius 2 is 1.92 bits per heavy atom. The molecule has 1 heterocycles. The molecule has 2 aromatic carbocycles. The number of carbonyl (C=O) groups excluding carboxylic acids is 1. The number of nitrogens with zero attached hydrogens (tertiary/aromatic N) is 2. The summed E-state index contributed by atoms with van der Waals surface area (Å²) in [6, 6.07) is 14.6. The number of nitrogens with one attached hydrogen (secondary N) is 1. The molecular formula is C20H20ClN3O2. The first kappa shape index (κ1) is 18.1. The van der Waals surface area contributed by atoms with Crippen molar-refractivity contribution >= 4 is 28.4 Å². The first-order valence-corrected chi connectivity index (χ1v) is 8.95. The van der Waals surface area contributed by atoms with Gasteiger partial charge in [0, 0.05) is 18.0 Å². The molecule has 0 bridgehead atoms. The van der Waals surface area contributed by atoms with Crippen LogP contribution in [0.4, 0.5) is 0 Å². The third kappa shape index (κ3) is 4.11. The van der Waals surface area contributed by atoms with E-state index in [9.17, 15) is 9.59 Å². The molecule has 0 unspecified atom stereocenters. The van der Waals surface area contributed by atoms with E-state index in [1.54, 1.807) is 18.2 Å². The summed E-state index contributed by atoms with van der Waals surface area (Å²) < 4.78 is 1.48. The molecule has 5 nitrogen and oxygen atoms in total. The quantitative estimate of drug-likeness (QED) is 0.720. The number of hydrogen-bond donors (Lipinski definition) is 1. The monoisotopic (exact) mass is 369 g/mol. The van der Waals surface area contributed by atoms with Gasteiger partial charge in [0.1, 0.15) is 0 Å². The van der Waals surface area contributed by atoms with Gasteiger partial charge in [0.05, 0.1) is 23.3 Å². The zero-order valence-corrected chi connectivity index (χ0v) is 15.2. The van der Waals surface area contributed by atoms with Gasteiger partial charge in [0.2, 0.25) is 5.91 Å². The number of para-hydroxylation sites is 1. The molecule has 3 aromatic rings. The second-order valence-electron chi connectivity index (χ2n) is 6.09. The first-order valence-electron chi connectivity index (χ1n) is 8.57. The van der Waals surface area contributed by atoms with Gasteiger partial charge in [-0.2, -0.15) is 0 Å². The highest BCUT2D eigenvalue weighted by atomic mass is 35.5. The molecule has 26 heavy (non-hydrogen) atoms. The summed E-state index contributed by atoms with van der Waals surface area (Å²) in [5.41, 5.74) is 1.54. The van der Waals surface area contributed by atoms with Crippen LogP contribution in [0.1, 0.15) is 31.4 Å². The molecule has 0 aliphatic heterocycles. The lowest BCUT2D eigenvalue weighted by Gasteiger charge is -2.18. The van der Waals surface area contributed by atoms with Crippen molar-refractivity contribution in [2.24, 2.45) is 0 Å². The zero-order chi connectivity index (χ0) is 18.5. The molecule has 0 saturated carbocycles. The smallest absolute Gasteiger partial charge is 0.261 e. The van der Waals surface area contributed by atoms with E-state index in [1.165, 1.54) is 10.9 Å². The molecule has 0 aliphatic rings. The molecule has 1 N–H and O–H groups in total. The minimum Gasteiger partial charge on any atom is -0.349 e. The third-order valence-corrected chi connectivity index (χ3v) is 4.58. The van der Waals surface area contributed by atoms with Crippen LogP contribution in [0.15, 0.2) is 59.7 Å². The molecule has 0 radical (unpaired) electrons. The predicted molar refractivity (Wildman–Crippen MR) is 103 cm³/mol. The lowest BCUT2D eigenvalue weighted by atomic mass is 10.0. The van der Waals surface area contributed by atoms with E-state index in [-0.39, 0.29) is 23.9 Å². The Kier molecular flexibility index (Phi) is 5.68. The van der Waals surface area contributed by atoms with Crippen LogP contribution in [0, 0.1) is 0 Å². The molecule has 1 aromatic heterocycles. The average molecular weight is 370 g/mol. The molecule has 0 saturated heterocycles. The summed E-state index contributed by atoms with van der Waals surface area (Å²) in [6.45, 7) is 2.30. The maximum atomic E-state index is 12.5. The highest BCUT2D eigenvalue weighted by molar-refractivity contribution is 6.30. The fraction of sp³-hybridized carbons (Fsp3) is 0.250. The van der Waals surface area contributed by atoms with Gasteiger partial charge in [-0.1, -0.05) is 42.8 Å². The zero-order valence-electron chi connectivity index (χ0n) is 14.5. The Bertz CT molecular complexity index is 967. The topological polar surface area (TPSA) is 64.0 Å². The van der Waals surface area contributed by atoms with E-state index in [0.717, 1.165) is 12.0 Å². The molecule has 0 aliphatic carbocycles. The van der Waals surface area contributed by atoms with Crippen LogP contribution in [0.25, 0.3) is 10.9 Å². The van der Waals surface area contributed by atoms with Crippen molar-refractivity contribution in [2.75, 3.05) is 0 Å². The van der Waals surface area contributed by atoms with Gasteiger partial charge < -0.3 is 5.32 Å². The van der Waals surface area contributed by atoms with Crippen molar-refractivity contribution in [3.05, 3.63) is 75.8 Å². The summed E-state index contributed by atoms with van der Waals surface area (Å²) in [6.07, 6.45) is 2.48. The van der Waals surface area contributed by atoms with Crippen molar-refractivity contribution in [3.8, 4) is 0 Å². The summed E-state index contributed by atoms with van der Waals surface area (Å²) >= 11 is 5.91. The molecule has 1 amide bonds. The molecule has 3 rings (SSSR count). The van der Waals surface area contributed by atoms with Crippen LogP contribution < -0.4 is 10.9 Å².